The molecule has 2 aromatic carbocycles. The standard InChI is InChI=1S/C42H64N2.2C22H45.Ni/c1-7-13-19-23-35-28-36(24-20-14-8-2)32-38(31-35)42-40(26-18-12-6)39(25-17-11-5)41(44(42)43)37-29-33(21-15-9-3)27-34(30-37)22-16-10-4;2*1-3-5-7-9-11-13-15-17-19-21-22-20-18-16-14-12-10-8-6-4-2;/h27-32H,7-26H2,1-6H3;2*1,3-22H2,2H3;. The summed E-state index contributed by atoms with van der Waals surface area (Å²) < 4.78 is 1.64. The number of rotatable bonds is 64. The Labute approximate surface area is 564 Å². The summed E-state index contributed by atoms with van der Waals surface area (Å²) >= 11 is 2.05. The van der Waals surface area contributed by atoms with Crippen molar-refractivity contribution in [3.8, 4) is 0 Å². The van der Waals surface area contributed by atoms with Crippen LogP contribution in [0, 0.1) is 0 Å². The molecular formula is C86H154N2Ni. The molecular weight excluding hydrogens is 1120 g/mol. The van der Waals surface area contributed by atoms with Crippen molar-refractivity contribution in [1.82, 2.24) is 0 Å². The first-order valence-electron chi connectivity index (χ1n) is 40.6. The normalized spacial score (nSPS) is 12.6. The molecule has 0 fully saturated rings. The number of benzene rings is 2. The van der Waals surface area contributed by atoms with E-state index in [9.17, 15) is 5.53 Å². The quantitative estimate of drug-likeness (QED) is 0.0358. The molecule has 2 aromatic rings. The average molecular weight is 1270 g/mol. The van der Waals surface area contributed by atoms with Gasteiger partial charge in [0.1, 0.15) is 0 Å². The van der Waals surface area contributed by atoms with Crippen molar-refractivity contribution >= 4 is 11.4 Å². The van der Waals surface area contributed by atoms with Crippen LogP contribution in [0.15, 0.2) is 47.5 Å². The molecule has 0 radical (unpaired) electrons. The summed E-state index contributed by atoms with van der Waals surface area (Å²) in [5.41, 5.74) is 25.4. The summed E-state index contributed by atoms with van der Waals surface area (Å²) in [6.45, 7) is 18.3. The molecule has 0 spiro atoms. The molecule has 1 heterocycles. The van der Waals surface area contributed by atoms with E-state index in [4.69, 9.17) is 0 Å². The molecule has 0 aromatic heterocycles. The number of aryl methyl sites for hydroxylation is 4. The third-order valence-corrected chi connectivity index (χ3v) is 20.9. The van der Waals surface area contributed by atoms with Crippen molar-refractivity contribution in [3.63, 3.8) is 0 Å². The van der Waals surface area contributed by atoms with Crippen molar-refractivity contribution < 1.29 is 19.1 Å². The van der Waals surface area contributed by atoms with E-state index in [2.05, 4.69) is 91.8 Å². The van der Waals surface area contributed by atoms with Crippen molar-refractivity contribution in [1.29, 1.82) is 0 Å². The maximum atomic E-state index is 12.4. The third kappa shape index (κ3) is 43.6. The van der Waals surface area contributed by atoms with Crippen LogP contribution < -0.4 is 0 Å². The molecule has 3 heteroatoms. The molecule has 1 aliphatic rings. The summed E-state index contributed by atoms with van der Waals surface area (Å²) in [7, 11) is 0. The molecule has 89 heavy (non-hydrogen) atoms. The smallest absolute Gasteiger partial charge is 0.493 e. The van der Waals surface area contributed by atoms with E-state index in [0.29, 0.717) is 0 Å². The van der Waals surface area contributed by atoms with Gasteiger partial charge in [-0.25, -0.2) is 4.70 Å². The van der Waals surface area contributed by atoms with Gasteiger partial charge in [-0.05, 0) is 124 Å². The van der Waals surface area contributed by atoms with Crippen molar-refractivity contribution in [2.75, 3.05) is 0 Å². The van der Waals surface area contributed by atoms with Gasteiger partial charge in [-0.2, -0.15) is 0 Å². The van der Waals surface area contributed by atoms with Crippen LogP contribution >= 0.6 is 0 Å². The Kier molecular flexibility index (Phi) is 58.0. The van der Waals surface area contributed by atoms with Gasteiger partial charge in [-0.1, -0.05) is 234 Å². The minimum atomic E-state index is 1.02. The monoisotopic (exact) mass is 1270 g/mol. The fourth-order valence-electron chi connectivity index (χ4n) is 13.7. The van der Waals surface area contributed by atoms with Crippen LogP contribution in [-0.2, 0) is 40.1 Å². The van der Waals surface area contributed by atoms with Crippen molar-refractivity contribution in [3.05, 3.63) is 86.5 Å². The Balaban J connectivity index is 0.000000607. The van der Waals surface area contributed by atoms with Crippen molar-refractivity contribution in [2.24, 2.45) is 0 Å². The van der Waals surface area contributed by atoms with Gasteiger partial charge >= 0.3 is 166 Å². The van der Waals surface area contributed by atoms with Crippen LogP contribution in [0.3, 0.4) is 0 Å². The minimum absolute atomic E-state index is 1.02. The van der Waals surface area contributed by atoms with Crippen LogP contribution in [0.2, 0.25) is 10.8 Å². The zero-order valence-corrected chi connectivity index (χ0v) is 62.5. The summed E-state index contributed by atoms with van der Waals surface area (Å²) in [4.78, 5) is 0. The van der Waals surface area contributed by atoms with E-state index < -0.39 is 0 Å². The van der Waals surface area contributed by atoms with Gasteiger partial charge in [0, 0.05) is 22.3 Å². The van der Waals surface area contributed by atoms with Crippen LogP contribution in [0.4, 0.5) is 0 Å². The first kappa shape index (κ1) is 83.1. The Morgan fingerprint density at radius 2 is 0.416 bits per heavy atom. The van der Waals surface area contributed by atoms with Gasteiger partial charge in [0.2, 0.25) is 11.4 Å². The Morgan fingerprint density at radius 1 is 0.225 bits per heavy atom. The number of unbranched alkanes of at least 4 members (excludes halogenated alkanes) is 46. The van der Waals surface area contributed by atoms with Crippen LogP contribution in [0.5, 0.6) is 0 Å². The number of hydrogen-bond donors (Lipinski definition) is 0. The molecule has 0 bridgehead atoms. The van der Waals surface area contributed by atoms with E-state index in [0.717, 1.165) is 75.6 Å². The van der Waals surface area contributed by atoms with E-state index in [-0.39, 0.29) is 0 Å². The molecule has 1 aliphatic heterocycles. The zero-order valence-electron chi connectivity index (χ0n) is 61.5. The van der Waals surface area contributed by atoms with Gasteiger partial charge < -0.3 is 5.53 Å². The molecule has 0 amide bonds. The van der Waals surface area contributed by atoms with Crippen LogP contribution in [0.25, 0.3) is 16.9 Å². The van der Waals surface area contributed by atoms with Gasteiger partial charge in [0.15, 0.2) is 0 Å². The number of nitrogens with zero attached hydrogens (tertiary/aromatic N) is 2. The van der Waals surface area contributed by atoms with Gasteiger partial charge in [0.25, 0.3) is 0 Å². The van der Waals surface area contributed by atoms with Gasteiger partial charge in [-0.3, -0.25) is 0 Å². The maximum absolute atomic E-state index is 12.4. The fraction of sp³-hybridized carbons (Fsp3) is 0.814. The predicted molar refractivity (Wildman–Crippen MR) is 399 cm³/mol. The average Bonchev–Trinajstić information content (AvgIpc) is 1.68. The fourth-order valence-corrected chi connectivity index (χ4v) is 14.9. The van der Waals surface area contributed by atoms with E-state index in [1.54, 1.807) is 4.70 Å². The molecule has 0 saturated heterocycles. The molecule has 518 valence electrons. The van der Waals surface area contributed by atoms with E-state index in [1.807, 2.05) is 14.4 Å². The summed E-state index contributed by atoms with van der Waals surface area (Å²) in [5, 5.41) is 2.87. The molecule has 0 unspecified atom stereocenters. The third-order valence-electron chi connectivity index (χ3n) is 19.5. The van der Waals surface area contributed by atoms with Crippen LogP contribution in [-0.4, -0.2) is 4.70 Å². The Morgan fingerprint density at radius 3 is 0.652 bits per heavy atom. The molecule has 0 aliphatic carbocycles. The van der Waals surface area contributed by atoms with Gasteiger partial charge in [0.05, 0.1) is 0 Å². The summed E-state index contributed by atoms with van der Waals surface area (Å²) in [6, 6.07) is 14.5. The Bertz CT molecular complexity index is 1870. The second kappa shape index (κ2) is 62.1. The predicted octanol–water partition coefficient (Wildman–Crippen LogP) is 30.9. The van der Waals surface area contributed by atoms with E-state index >= 15 is 0 Å². The number of hydrogen-bond acceptors (Lipinski definition) is 0. The molecule has 0 saturated carbocycles. The SMILES string of the molecule is CCCCCCCCCCCCCCCCCCCCC[CH2][Ni][CH2]CCCCCCCCCCCCCCCCCCCCC.CCCCCc1cc(CCCCC)cc(C2=C(CCCC)C(CCCC)=C(c3cc(CCCC)cc(CCCC)c3)[N+]2=[N-])c1. The summed E-state index contributed by atoms with van der Waals surface area (Å²) in [6.07, 6.45) is 82.6. The minimum Gasteiger partial charge on any atom is -0.493 e. The van der Waals surface area contributed by atoms with Gasteiger partial charge in [-0.15, -0.1) is 0 Å². The molecule has 2 nitrogen and oxygen atoms in total. The topological polar surface area (TPSA) is 25.3 Å². The second-order valence-corrected chi connectivity index (χ2v) is 29.8. The molecule has 0 atom stereocenters. The summed E-state index contributed by atoms with van der Waals surface area (Å²) in [5.74, 6) is 0. The first-order valence-corrected chi connectivity index (χ1v) is 42.0. The van der Waals surface area contributed by atoms with Crippen molar-refractivity contribution in [2.45, 2.75) is 451 Å². The molecule has 3 rings (SSSR count). The zero-order chi connectivity index (χ0) is 64.1. The molecule has 0 N–H and O–H groups in total. The second-order valence-electron chi connectivity index (χ2n) is 28.3. The van der Waals surface area contributed by atoms with E-state index in [1.165, 1.54) is 376 Å². The number of allylic oxidation sites excluding steroid dienone is 2. The first-order chi connectivity index (χ1) is 43.9. The van der Waals surface area contributed by atoms with Crippen LogP contribution in [0.1, 0.15) is 448 Å². The Hall–Kier alpha value is -1.99.